The number of hydrogen-bond donors (Lipinski definition) is 2. The fourth-order valence-electron chi connectivity index (χ4n) is 4.79. The topological polar surface area (TPSA) is 52.0 Å². The maximum Gasteiger partial charge on any atom is 0.0320 e. The second-order valence-electron chi connectivity index (χ2n) is 8.28. The molecule has 6 aromatic carbocycles. The molecule has 0 atom stereocenters. The van der Waals surface area contributed by atoms with E-state index in [2.05, 4.69) is 91.0 Å². The van der Waals surface area contributed by atoms with Gasteiger partial charge in [0.2, 0.25) is 0 Å². The van der Waals surface area contributed by atoms with Crippen molar-refractivity contribution in [2.24, 2.45) is 0 Å². The molecule has 0 saturated carbocycles. The van der Waals surface area contributed by atoms with Crippen molar-refractivity contribution in [3.8, 4) is 22.3 Å². The molecular weight excluding hydrogens is 388 g/mol. The molecule has 0 aliphatic carbocycles. The van der Waals surface area contributed by atoms with E-state index in [1.807, 2.05) is 18.2 Å². The first-order valence-electron chi connectivity index (χ1n) is 10.8. The molecule has 2 heteroatoms. The van der Waals surface area contributed by atoms with Crippen LogP contribution in [0, 0.1) is 0 Å². The Morgan fingerprint density at radius 1 is 0.344 bits per heavy atom. The molecule has 0 radical (unpaired) electrons. The van der Waals surface area contributed by atoms with E-state index in [4.69, 9.17) is 11.5 Å². The van der Waals surface area contributed by atoms with Crippen molar-refractivity contribution in [2.45, 2.75) is 0 Å². The standard InChI is InChI=1S/C30H22N2/c31-21-12-9-19(10-13-21)23-16-14-22(32)18-29(23)20-11-15-28-26-7-2-1-5-24(26)25-6-3-4-8-27(25)30(28)17-20/h1-18H,31-32H2. The summed E-state index contributed by atoms with van der Waals surface area (Å²) < 4.78 is 0. The zero-order valence-electron chi connectivity index (χ0n) is 17.5. The summed E-state index contributed by atoms with van der Waals surface area (Å²) in [5.74, 6) is 0. The summed E-state index contributed by atoms with van der Waals surface area (Å²) in [7, 11) is 0. The summed E-state index contributed by atoms with van der Waals surface area (Å²) in [4.78, 5) is 0. The van der Waals surface area contributed by atoms with Crippen LogP contribution in [0.5, 0.6) is 0 Å². The zero-order chi connectivity index (χ0) is 21.7. The molecule has 0 amide bonds. The van der Waals surface area contributed by atoms with Crippen LogP contribution in [0.4, 0.5) is 11.4 Å². The highest BCUT2D eigenvalue weighted by molar-refractivity contribution is 6.25. The average molecular weight is 411 g/mol. The lowest BCUT2D eigenvalue weighted by molar-refractivity contribution is 1.59. The Morgan fingerprint density at radius 3 is 1.47 bits per heavy atom. The third-order valence-corrected chi connectivity index (χ3v) is 6.32. The molecule has 152 valence electrons. The molecular formula is C30H22N2. The Bertz CT molecular complexity index is 1590. The maximum atomic E-state index is 6.22. The van der Waals surface area contributed by atoms with Gasteiger partial charge in [-0.15, -0.1) is 0 Å². The number of fused-ring (bicyclic) bond motifs is 6. The minimum absolute atomic E-state index is 0.752. The highest BCUT2D eigenvalue weighted by Gasteiger charge is 2.12. The van der Waals surface area contributed by atoms with Gasteiger partial charge in [-0.25, -0.2) is 0 Å². The van der Waals surface area contributed by atoms with Crippen LogP contribution in [-0.4, -0.2) is 0 Å². The molecule has 0 fully saturated rings. The summed E-state index contributed by atoms with van der Waals surface area (Å²) in [6.07, 6.45) is 0. The van der Waals surface area contributed by atoms with Gasteiger partial charge in [0.25, 0.3) is 0 Å². The van der Waals surface area contributed by atoms with Crippen molar-refractivity contribution >= 4 is 43.7 Å². The Hall–Kier alpha value is -4.30. The number of benzene rings is 6. The van der Waals surface area contributed by atoms with Gasteiger partial charge in [0.15, 0.2) is 0 Å². The van der Waals surface area contributed by atoms with Gasteiger partial charge in [-0.1, -0.05) is 78.9 Å². The molecule has 2 nitrogen and oxygen atoms in total. The number of nitrogens with two attached hydrogens (primary N) is 2. The Balaban J connectivity index is 1.67. The molecule has 0 aliphatic rings. The fraction of sp³-hybridized carbons (Fsp3) is 0. The van der Waals surface area contributed by atoms with Gasteiger partial charge in [0.1, 0.15) is 0 Å². The maximum absolute atomic E-state index is 6.22. The van der Waals surface area contributed by atoms with Gasteiger partial charge in [-0.2, -0.15) is 0 Å². The first-order valence-corrected chi connectivity index (χ1v) is 10.8. The van der Waals surface area contributed by atoms with Crippen LogP contribution in [0.15, 0.2) is 109 Å². The predicted molar refractivity (Wildman–Crippen MR) is 139 cm³/mol. The number of anilines is 2. The van der Waals surface area contributed by atoms with E-state index in [9.17, 15) is 0 Å². The molecule has 0 bridgehead atoms. The van der Waals surface area contributed by atoms with Crippen LogP contribution in [-0.2, 0) is 0 Å². The molecule has 0 aromatic heterocycles. The van der Waals surface area contributed by atoms with Crippen LogP contribution < -0.4 is 11.5 Å². The fourth-order valence-corrected chi connectivity index (χ4v) is 4.79. The van der Waals surface area contributed by atoms with Crippen molar-refractivity contribution < 1.29 is 0 Å². The minimum Gasteiger partial charge on any atom is -0.399 e. The highest BCUT2D eigenvalue weighted by atomic mass is 14.5. The Labute approximate surface area is 186 Å². The number of nitrogen functional groups attached to an aromatic ring is 2. The van der Waals surface area contributed by atoms with E-state index in [1.165, 1.54) is 32.3 Å². The summed E-state index contributed by atoms with van der Waals surface area (Å²) in [5, 5.41) is 7.62. The van der Waals surface area contributed by atoms with Gasteiger partial charge in [-0.3, -0.25) is 0 Å². The first-order chi connectivity index (χ1) is 15.7. The first kappa shape index (κ1) is 18.5. The van der Waals surface area contributed by atoms with Crippen LogP contribution in [0.2, 0.25) is 0 Å². The molecule has 32 heavy (non-hydrogen) atoms. The second-order valence-corrected chi connectivity index (χ2v) is 8.28. The van der Waals surface area contributed by atoms with Crippen molar-refractivity contribution in [1.29, 1.82) is 0 Å². The van der Waals surface area contributed by atoms with E-state index < -0.39 is 0 Å². The molecule has 0 spiro atoms. The summed E-state index contributed by atoms with van der Waals surface area (Å²) in [5.41, 5.74) is 18.2. The van der Waals surface area contributed by atoms with Gasteiger partial charge in [-0.05, 0) is 84.9 Å². The molecule has 6 rings (SSSR count). The van der Waals surface area contributed by atoms with Crippen molar-refractivity contribution in [1.82, 2.24) is 0 Å². The largest absolute Gasteiger partial charge is 0.399 e. The monoisotopic (exact) mass is 410 g/mol. The molecule has 0 aliphatic heterocycles. The summed E-state index contributed by atoms with van der Waals surface area (Å²) in [6, 6.07) is 38.2. The van der Waals surface area contributed by atoms with Gasteiger partial charge >= 0.3 is 0 Å². The van der Waals surface area contributed by atoms with Crippen molar-refractivity contribution in [3.63, 3.8) is 0 Å². The molecule has 6 aromatic rings. The zero-order valence-corrected chi connectivity index (χ0v) is 17.5. The van der Waals surface area contributed by atoms with Gasteiger partial charge in [0.05, 0.1) is 0 Å². The lowest BCUT2D eigenvalue weighted by Gasteiger charge is -2.15. The smallest absolute Gasteiger partial charge is 0.0320 e. The number of hydrogen-bond acceptors (Lipinski definition) is 2. The quantitative estimate of drug-likeness (QED) is 0.227. The molecule has 0 heterocycles. The third-order valence-electron chi connectivity index (χ3n) is 6.32. The van der Waals surface area contributed by atoms with Crippen molar-refractivity contribution in [3.05, 3.63) is 109 Å². The predicted octanol–water partition coefficient (Wildman–Crippen LogP) is 7.64. The minimum atomic E-state index is 0.752. The lowest BCUT2D eigenvalue weighted by Crippen LogP contribution is -1.91. The Kier molecular flexibility index (Phi) is 4.12. The SMILES string of the molecule is Nc1ccc(-c2ccc(N)cc2-c2ccc3c4ccccc4c4ccccc4c3c2)cc1. The van der Waals surface area contributed by atoms with Gasteiger partial charge in [0, 0.05) is 11.4 Å². The van der Waals surface area contributed by atoms with E-state index in [1.54, 1.807) is 0 Å². The van der Waals surface area contributed by atoms with Crippen LogP contribution >= 0.6 is 0 Å². The summed E-state index contributed by atoms with van der Waals surface area (Å²) in [6.45, 7) is 0. The lowest BCUT2D eigenvalue weighted by atomic mass is 9.89. The number of rotatable bonds is 2. The van der Waals surface area contributed by atoms with E-state index in [-0.39, 0.29) is 0 Å². The van der Waals surface area contributed by atoms with Crippen LogP contribution in [0.1, 0.15) is 0 Å². The third kappa shape index (κ3) is 2.89. The summed E-state index contributed by atoms with van der Waals surface area (Å²) >= 11 is 0. The highest BCUT2D eigenvalue weighted by Crippen LogP contribution is 2.39. The average Bonchev–Trinajstić information content (AvgIpc) is 2.84. The van der Waals surface area contributed by atoms with Crippen molar-refractivity contribution in [2.75, 3.05) is 11.5 Å². The molecule has 0 unspecified atom stereocenters. The van der Waals surface area contributed by atoms with Crippen LogP contribution in [0.3, 0.4) is 0 Å². The molecule has 0 saturated heterocycles. The van der Waals surface area contributed by atoms with Gasteiger partial charge < -0.3 is 11.5 Å². The van der Waals surface area contributed by atoms with E-state index >= 15 is 0 Å². The normalized spacial score (nSPS) is 11.4. The second kappa shape index (κ2) is 7.14. The van der Waals surface area contributed by atoms with E-state index in [0.717, 1.165) is 33.6 Å². The Morgan fingerprint density at radius 2 is 0.844 bits per heavy atom. The van der Waals surface area contributed by atoms with Crippen LogP contribution in [0.25, 0.3) is 54.6 Å². The molecule has 4 N–H and O–H groups in total. The van der Waals surface area contributed by atoms with E-state index in [0.29, 0.717) is 0 Å².